The Bertz CT molecular complexity index is 821. The van der Waals surface area contributed by atoms with Crippen molar-refractivity contribution in [1.82, 2.24) is 9.97 Å². The Morgan fingerprint density at radius 1 is 1.28 bits per heavy atom. The first-order valence-electron chi connectivity index (χ1n) is 7.24. The number of anilines is 1. The van der Waals surface area contributed by atoms with Crippen molar-refractivity contribution in [2.45, 2.75) is 11.6 Å². The Morgan fingerprint density at radius 2 is 2.04 bits per heavy atom. The molecule has 0 radical (unpaired) electrons. The van der Waals surface area contributed by atoms with E-state index in [1.54, 1.807) is 24.3 Å². The minimum absolute atomic E-state index is 0.0304. The molecule has 1 aromatic carbocycles. The van der Waals surface area contributed by atoms with Crippen LogP contribution in [0.25, 0.3) is 0 Å². The minimum Gasteiger partial charge on any atom is -0.495 e. The van der Waals surface area contributed by atoms with Crippen molar-refractivity contribution in [3.63, 3.8) is 0 Å². The van der Waals surface area contributed by atoms with Gasteiger partial charge in [0.15, 0.2) is 5.16 Å². The van der Waals surface area contributed by atoms with Crippen molar-refractivity contribution in [3.8, 4) is 5.75 Å². The molecule has 0 unspecified atom stereocenters. The molecule has 132 valence electrons. The van der Waals surface area contributed by atoms with Crippen molar-refractivity contribution >= 4 is 29.3 Å². The Labute approximate surface area is 148 Å². The maximum absolute atomic E-state index is 12.1. The van der Waals surface area contributed by atoms with Crippen LogP contribution in [-0.4, -0.2) is 41.8 Å². The fourth-order valence-corrected chi connectivity index (χ4v) is 2.63. The van der Waals surface area contributed by atoms with Crippen LogP contribution in [0.4, 0.5) is 5.69 Å². The lowest BCUT2D eigenvalue weighted by Gasteiger charge is -2.09. The number of hydrogen-bond acceptors (Lipinski definition) is 7. The lowest BCUT2D eigenvalue weighted by atomic mass is 10.3. The third-order valence-electron chi connectivity index (χ3n) is 3.05. The third kappa shape index (κ3) is 5.64. The molecule has 1 heterocycles. The second-order valence-corrected chi connectivity index (χ2v) is 5.80. The normalized spacial score (nSPS) is 10.2. The summed E-state index contributed by atoms with van der Waals surface area (Å²) in [5, 5.41) is 2.98. The third-order valence-corrected chi connectivity index (χ3v) is 3.92. The molecule has 2 aromatic rings. The van der Waals surface area contributed by atoms with Gasteiger partial charge < -0.3 is 19.8 Å². The maximum atomic E-state index is 12.1. The number of nitrogens with zero attached hydrogens (tertiary/aromatic N) is 1. The summed E-state index contributed by atoms with van der Waals surface area (Å²) in [7, 11) is 2.77. The summed E-state index contributed by atoms with van der Waals surface area (Å²) < 4.78 is 9.71. The lowest BCUT2D eigenvalue weighted by Crippen LogP contribution is -2.17. The van der Waals surface area contributed by atoms with E-state index < -0.39 is 11.5 Å². The SMILES string of the molecule is COC(=O)Cc1cc(=O)[nH]c(SCC(=O)Nc2ccccc2OC)n1. The van der Waals surface area contributed by atoms with E-state index in [0.29, 0.717) is 11.4 Å². The van der Waals surface area contributed by atoms with E-state index in [1.807, 2.05) is 0 Å². The van der Waals surface area contributed by atoms with E-state index in [4.69, 9.17) is 4.74 Å². The molecule has 0 fully saturated rings. The fourth-order valence-electron chi connectivity index (χ4n) is 1.93. The smallest absolute Gasteiger partial charge is 0.311 e. The van der Waals surface area contributed by atoms with Crippen LogP contribution < -0.4 is 15.6 Å². The number of carbonyl (C=O) groups is 2. The first-order chi connectivity index (χ1) is 12.0. The Morgan fingerprint density at radius 3 is 2.76 bits per heavy atom. The number of rotatable bonds is 7. The number of thioether (sulfide) groups is 1. The molecular formula is C16H17N3O5S. The van der Waals surface area contributed by atoms with Gasteiger partial charge in [0.1, 0.15) is 5.75 Å². The number of ether oxygens (including phenoxy) is 2. The number of para-hydroxylation sites is 2. The number of aromatic amines is 1. The maximum Gasteiger partial charge on any atom is 0.311 e. The molecule has 0 saturated carbocycles. The standard InChI is InChI=1S/C16H17N3O5S/c1-23-12-6-4-3-5-11(12)18-14(21)9-25-16-17-10(7-13(20)19-16)8-15(22)24-2/h3-7H,8-9H2,1-2H3,(H,18,21)(H,17,19,20). The summed E-state index contributed by atoms with van der Waals surface area (Å²) in [4.78, 5) is 41.6. The Hall–Kier alpha value is -2.81. The van der Waals surface area contributed by atoms with Gasteiger partial charge in [-0.25, -0.2) is 4.98 Å². The Balaban J connectivity index is 1.99. The van der Waals surface area contributed by atoms with Crippen molar-refractivity contribution in [3.05, 3.63) is 46.4 Å². The molecule has 0 aliphatic heterocycles. The predicted molar refractivity (Wildman–Crippen MR) is 92.9 cm³/mol. The number of benzene rings is 1. The largest absolute Gasteiger partial charge is 0.495 e. The van der Waals surface area contributed by atoms with Gasteiger partial charge in [0.05, 0.1) is 37.8 Å². The fraction of sp³-hybridized carbons (Fsp3) is 0.250. The molecule has 0 spiro atoms. The van der Waals surface area contributed by atoms with Crippen LogP contribution in [0.2, 0.25) is 0 Å². The van der Waals surface area contributed by atoms with E-state index in [0.717, 1.165) is 11.8 Å². The van der Waals surface area contributed by atoms with Crippen LogP contribution in [0.3, 0.4) is 0 Å². The highest BCUT2D eigenvalue weighted by atomic mass is 32.2. The van der Waals surface area contributed by atoms with Gasteiger partial charge in [-0.05, 0) is 12.1 Å². The van der Waals surface area contributed by atoms with E-state index in [2.05, 4.69) is 20.0 Å². The zero-order chi connectivity index (χ0) is 18.2. The number of nitrogens with one attached hydrogen (secondary N) is 2. The average molecular weight is 363 g/mol. The zero-order valence-corrected chi connectivity index (χ0v) is 14.5. The number of methoxy groups -OCH3 is 2. The second kappa shape index (κ2) is 8.88. The molecule has 9 heteroatoms. The summed E-state index contributed by atoms with van der Waals surface area (Å²) in [5.74, 6) is -0.200. The van der Waals surface area contributed by atoms with E-state index in [-0.39, 0.29) is 28.9 Å². The van der Waals surface area contributed by atoms with Gasteiger partial charge in [-0.3, -0.25) is 14.4 Å². The van der Waals surface area contributed by atoms with Crippen molar-refractivity contribution in [1.29, 1.82) is 0 Å². The number of H-pyrrole nitrogens is 1. The minimum atomic E-state index is -0.497. The first-order valence-corrected chi connectivity index (χ1v) is 8.23. The molecule has 0 saturated heterocycles. The first kappa shape index (κ1) is 18.5. The topological polar surface area (TPSA) is 110 Å². The molecule has 0 aliphatic rings. The molecule has 8 nitrogen and oxygen atoms in total. The quantitative estimate of drug-likeness (QED) is 0.432. The van der Waals surface area contributed by atoms with E-state index in [9.17, 15) is 14.4 Å². The summed E-state index contributed by atoms with van der Waals surface area (Å²) >= 11 is 1.05. The molecule has 1 aromatic heterocycles. The molecule has 2 rings (SSSR count). The zero-order valence-electron chi connectivity index (χ0n) is 13.7. The van der Waals surface area contributed by atoms with Crippen LogP contribution in [0.1, 0.15) is 5.69 Å². The number of carbonyl (C=O) groups excluding carboxylic acids is 2. The highest BCUT2D eigenvalue weighted by Crippen LogP contribution is 2.23. The molecular weight excluding hydrogens is 346 g/mol. The van der Waals surface area contributed by atoms with Crippen molar-refractivity contribution in [2.24, 2.45) is 0 Å². The molecule has 1 amide bonds. The highest BCUT2D eigenvalue weighted by Gasteiger charge is 2.11. The number of aromatic nitrogens is 2. The lowest BCUT2D eigenvalue weighted by molar-refractivity contribution is -0.139. The highest BCUT2D eigenvalue weighted by molar-refractivity contribution is 7.99. The molecule has 0 aliphatic carbocycles. The Kier molecular flexibility index (Phi) is 6.58. The van der Waals surface area contributed by atoms with Crippen LogP contribution in [0, 0.1) is 0 Å². The summed E-state index contributed by atoms with van der Waals surface area (Å²) in [5.41, 5.74) is 0.432. The van der Waals surface area contributed by atoms with Gasteiger partial charge in [-0.2, -0.15) is 0 Å². The van der Waals surface area contributed by atoms with Crippen LogP contribution >= 0.6 is 11.8 Å². The summed E-state index contributed by atoms with van der Waals surface area (Å²) in [6.45, 7) is 0. The van der Waals surface area contributed by atoms with Gasteiger partial charge in [-0.15, -0.1) is 0 Å². The average Bonchev–Trinajstić information content (AvgIpc) is 2.60. The monoisotopic (exact) mass is 363 g/mol. The van der Waals surface area contributed by atoms with Crippen molar-refractivity contribution < 1.29 is 19.1 Å². The molecule has 25 heavy (non-hydrogen) atoms. The van der Waals surface area contributed by atoms with Crippen LogP contribution in [0.15, 0.2) is 40.3 Å². The molecule has 0 atom stereocenters. The van der Waals surface area contributed by atoms with E-state index >= 15 is 0 Å². The van der Waals surface area contributed by atoms with Crippen LogP contribution in [0.5, 0.6) is 5.75 Å². The van der Waals surface area contributed by atoms with Gasteiger partial charge in [0.25, 0.3) is 5.56 Å². The van der Waals surface area contributed by atoms with Gasteiger partial charge in [0, 0.05) is 6.07 Å². The number of amides is 1. The van der Waals surface area contributed by atoms with Gasteiger partial charge in [0.2, 0.25) is 5.91 Å². The number of hydrogen-bond donors (Lipinski definition) is 2. The van der Waals surface area contributed by atoms with Crippen molar-refractivity contribution in [2.75, 3.05) is 25.3 Å². The molecule has 0 bridgehead atoms. The summed E-state index contributed by atoms with van der Waals surface area (Å²) in [6, 6.07) is 8.25. The van der Waals surface area contributed by atoms with Gasteiger partial charge >= 0.3 is 5.97 Å². The molecule has 2 N–H and O–H groups in total. The number of esters is 1. The van der Waals surface area contributed by atoms with Gasteiger partial charge in [-0.1, -0.05) is 23.9 Å². The van der Waals surface area contributed by atoms with Crippen LogP contribution in [-0.2, 0) is 20.7 Å². The van der Waals surface area contributed by atoms with E-state index in [1.165, 1.54) is 20.3 Å². The summed E-state index contributed by atoms with van der Waals surface area (Å²) in [6.07, 6.45) is -0.110. The second-order valence-electron chi connectivity index (χ2n) is 4.83. The predicted octanol–water partition coefficient (Wildman–Crippen LogP) is 1.22.